The normalized spacial score (nSPS) is 20.7. The topological polar surface area (TPSA) is 38.3 Å². The van der Waals surface area contributed by atoms with Gasteiger partial charge in [-0.25, -0.2) is 0 Å². The fraction of sp³-hybridized carbons (Fsp3) is 0.588. The SMILES string of the molecule is CSSCNC1CC(Oc2ccc(CC(=O)C(C)C)cc2)C1. The van der Waals surface area contributed by atoms with Gasteiger partial charge in [-0.2, -0.15) is 0 Å². The summed E-state index contributed by atoms with van der Waals surface area (Å²) in [6, 6.07) is 8.55. The Morgan fingerprint density at radius 3 is 2.59 bits per heavy atom. The first-order valence-electron chi connectivity index (χ1n) is 7.75. The van der Waals surface area contributed by atoms with E-state index in [1.165, 1.54) is 0 Å². The lowest BCUT2D eigenvalue weighted by atomic mass is 9.89. The Bertz CT molecular complexity index is 470. The van der Waals surface area contributed by atoms with Crippen molar-refractivity contribution >= 4 is 27.4 Å². The van der Waals surface area contributed by atoms with Crippen LogP contribution in [0.1, 0.15) is 32.3 Å². The highest BCUT2D eigenvalue weighted by atomic mass is 33.1. The average Bonchev–Trinajstić information content (AvgIpc) is 2.46. The largest absolute Gasteiger partial charge is 0.490 e. The monoisotopic (exact) mass is 339 g/mol. The minimum atomic E-state index is 0.0969. The minimum absolute atomic E-state index is 0.0969. The molecule has 0 aliphatic heterocycles. The lowest BCUT2D eigenvalue weighted by molar-refractivity contribution is -0.121. The maximum absolute atomic E-state index is 11.7. The van der Waals surface area contributed by atoms with E-state index in [1.54, 1.807) is 10.8 Å². The van der Waals surface area contributed by atoms with Crippen molar-refractivity contribution in [1.82, 2.24) is 5.32 Å². The number of hydrogen-bond acceptors (Lipinski definition) is 5. The molecule has 1 fully saturated rings. The van der Waals surface area contributed by atoms with Crippen LogP contribution in [-0.2, 0) is 11.2 Å². The molecular formula is C17H25NO2S2. The van der Waals surface area contributed by atoms with Gasteiger partial charge in [-0.3, -0.25) is 4.79 Å². The van der Waals surface area contributed by atoms with Gasteiger partial charge in [0.1, 0.15) is 17.6 Å². The van der Waals surface area contributed by atoms with Crippen LogP contribution >= 0.6 is 21.6 Å². The van der Waals surface area contributed by atoms with Crippen molar-refractivity contribution in [2.45, 2.75) is 45.3 Å². The zero-order valence-electron chi connectivity index (χ0n) is 13.5. The van der Waals surface area contributed by atoms with Crippen LogP contribution in [0.2, 0.25) is 0 Å². The Morgan fingerprint density at radius 2 is 2.00 bits per heavy atom. The van der Waals surface area contributed by atoms with Crippen molar-refractivity contribution in [2.75, 3.05) is 12.1 Å². The van der Waals surface area contributed by atoms with Crippen LogP contribution in [0, 0.1) is 5.92 Å². The van der Waals surface area contributed by atoms with Crippen LogP contribution in [0.5, 0.6) is 5.75 Å². The van der Waals surface area contributed by atoms with Gasteiger partial charge in [0.25, 0.3) is 0 Å². The van der Waals surface area contributed by atoms with E-state index in [9.17, 15) is 4.79 Å². The van der Waals surface area contributed by atoms with Gasteiger partial charge < -0.3 is 10.1 Å². The third-order valence-corrected chi connectivity index (χ3v) is 5.47. The fourth-order valence-electron chi connectivity index (χ4n) is 2.32. The molecule has 1 aliphatic rings. The first-order chi connectivity index (χ1) is 10.6. The summed E-state index contributed by atoms with van der Waals surface area (Å²) in [4.78, 5) is 11.7. The zero-order valence-corrected chi connectivity index (χ0v) is 15.1. The highest BCUT2D eigenvalue weighted by molar-refractivity contribution is 8.76. The van der Waals surface area contributed by atoms with E-state index in [1.807, 2.05) is 48.9 Å². The molecule has 5 heteroatoms. The van der Waals surface area contributed by atoms with Crippen molar-refractivity contribution in [3.05, 3.63) is 29.8 Å². The zero-order chi connectivity index (χ0) is 15.9. The average molecular weight is 340 g/mol. The second-order valence-corrected chi connectivity index (χ2v) is 8.55. The van der Waals surface area contributed by atoms with Crippen molar-refractivity contribution < 1.29 is 9.53 Å². The minimum Gasteiger partial charge on any atom is -0.490 e. The maximum Gasteiger partial charge on any atom is 0.139 e. The molecule has 2 rings (SSSR count). The van der Waals surface area contributed by atoms with Gasteiger partial charge >= 0.3 is 0 Å². The number of rotatable bonds is 9. The quantitative estimate of drug-likeness (QED) is 0.419. The summed E-state index contributed by atoms with van der Waals surface area (Å²) in [7, 11) is 3.62. The van der Waals surface area contributed by atoms with E-state index in [0.29, 0.717) is 18.6 Å². The highest BCUT2D eigenvalue weighted by Crippen LogP contribution is 2.27. The molecule has 0 unspecified atom stereocenters. The predicted octanol–water partition coefficient (Wildman–Crippen LogP) is 3.92. The molecule has 0 bridgehead atoms. The van der Waals surface area contributed by atoms with Gasteiger partial charge in [-0.1, -0.05) is 47.6 Å². The molecule has 3 nitrogen and oxygen atoms in total. The number of benzene rings is 1. The predicted molar refractivity (Wildman–Crippen MR) is 96.5 cm³/mol. The van der Waals surface area contributed by atoms with Crippen LogP contribution in [0.25, 0.3) is 0 Å². The summed E-state index contributed by atoms with van der Waals surface area (Å²) < 4.78 is 5.96. The molecular weight excluding hydrogens is 314 g/mol. The summed E-state index contributed by atoms with van der Waals surface area (Å²) in [6.45, 7) is 3.89. The summed E-state index contributed by atoms with van der Waals surface area (Å²) in [5, 5.41) is 3.50. The van der Waals surface area contributed by atoms with Crippen LogP contribution in [0.4, 0.5) is 0 Å². The van der Waals surface area contributed by atoms with Crippen molar-refractivity contribution in [3.63, 3.8) is 0 Å². The molecule has 0 saturated heterocycles. The molecule has 1 N–H and O–H groups in total. The Kier molecular flexibility index (Phi) is 7.12. The van der Waals surface area contributed by atoms with Crippen LogP contribution < -0.4 is 10.1 Å². The maximum atomic E-state index is 11.7. The molecule has 1 saturated carbocycles. The summed E-state index contributed by atoms with van der Waals surface area (Å²) >= 11 is 0. The van der Waals surface area contributed by atoms with E-state index in [-0.39, 0.29) is 11.7 Å². The highest BCUT2D eigenvalue weighted by Gasteiger charge is 2.30. The van der Waals surface area contributed by atoms with E-state index < -0.39 is 0 Å². The lowest BCUT2D eigenvalue weighted by Gasteiger charge is -2.35. The molecule has 0 spiro atoms. The molecule has 1 aromatic carbocycles. The summed E-state index contributed by atoms with van der Waals surface area (Å²) in [5.74, 6) is 2.28. The summed E-state index contributed by atoms with van der Waals surface area (Å²) in [6.07, 6.45) is 5.07. The van der Waals surface area contributed by atoms with Crippen molar-refractivity contribution in [2.24, 2.45) is 5.92 Å². The van der Waals surface area contributed by atoms with Crippen molar-refractivity contribution in [1.29, 1.82) is 0 Å². The van der Waals surface area contributed by atoms with Gasteiger partial charge in [0, 0.05) is 18.4 Å². The number of carbonyl (C=O) groups is 1. The number of ether oxygens (including phenoxy) is 1. The Morgan fingerprint density at radius 1 is 1.32 bits per heavy atom. The first-order valence-corrected chi connectivity index (χ1v) is 10.5. The van der Waals surface area contributed by atoms with Crippen LogP contribution in [0.3, 0.4) is 0 Å². The molecule has 122 valence electrons. The number of Topliss-reactive ketones (excluding diaryl/α,β-unsaturated/α-hetero) is 1. The van der Waals surface area contributed by atoms with Crippen LogP contribution in [-0.4, -0.2) is 30.1 Å². The van der Waals surface area contributed by atoms with Crippen molar-refractivity contribution in [3.8, 4) is 5.75 Å². The molecule has 0 radical (unpaired) electrons. The van der Waals surface area contributed by atoms with Gasteiger partial charge in [0.05, 0.1) is 5.88 Å². The fourth-order valence-corrected chi connectivity index (χ4v) is 3.30. The number of carbonyl (C=O) groups excluding carboxylic acids is 1. The number of hydrogen-bond donors (Lipinski definition) is 1. The lowest BCUT2D eigenvalue weighted by Crippen LogP contribution is -2.46. The smallest absolute Gasteiger partial charge is 0.139 e. The third kappa shape index (κ3) is 5.52. The molecule has 1 aromatic rings. The molecule has 0 aromatic heterocycles. The van der Waals surface area contributed by atoms with E-state index in [4.69, 9.17) is 4.74 Å². The Labute approximate surface area is 141 Å². The Hall–Kier alpha value is -0.650. The van der Waals surface area contributed by atoms with E-state index in [2.05, 4.69) is 11.6 Å². The first kappa shape index (κ1) is 17.7. The molecule has 22 heavy (non-hydrogen) atoms. The van der Waals surface area contributed by atoms with Crippen LogP contribution in [0.15, 0.2) is 24.3 Å². The van der Waals surface area contributed by atoms with E-state index in [0.717, 1.165) is 30.0 Å². The van der Waals surface area contributed by atoms with Gasteiger partial charge in [0.2, 0.25) is 0 Å². The molecule has 0 heterocycles. The standard InChI is InChI=1S/C17H25NO2S2/c1-12(2)17(19)8-13-4-6-15(7-5-13)20-16-9-14(10-16)18-11-22-21-3/h4-7,12,14,16,18H,8-11H2,1-3H3. The van der Waals surface area contributed by atoms with Gasteiger partial charge in [0.15, 0.2) is 0 Å². The van der Waals surface area contributed by atoms with E-state index >= 15 is 0 Å². The van der Waals surface area contributed by atoms with Gasteiger partial charge in [-0.05, 0) is 36.8 Å². The third-order valence-electron chi connectivity index (χ3n) is 3.89. The second kappa shape index (κ2) is 8.85. The number of ketones is 1. The number of nitrogens with one attached hydrogen (secondary N) is 1. The van der Waals surface area contributed by atoms with Gasteiger partial charge in [-0.15, -0.1) is 0 Å². The molecule has 0 amide bonds. The summed E-state index contributed by atoms with van der Waals surface area (Å²) in [5.41, 5.74) is 1.06. The molecule has 1 aliphatic carbocycles. The molecule has 0 atom stereocenters. The Balaban J connectivity index is 1.70. The second-order valence-electron chi connectivity index (χ2n) is 5.98.